The summed E-state index contributed by atoms with van der Waals surface area (Å²) in [6.45, 7) is 9.27. The maximum absolute atomic E-state index is 13.1. The van der Waals surface area contributed by atoms with Crippen molar-refractivity contribution < 1.29 is 9.53 Å². The zero-order chi connectivity index (χ0) is 22.1. The number of aryl methyl sites for hydroxylation is 4. The van der Waals surface area contributed by atoms with E-state index in [2.05, 4.69) is 36.1 Å². The fourth-order valence-electron chi connectivity index (χ4n) is 3.87. The summed E-state index contributed by atoms with van der Waals surface area (Å²) < 4.78 is 7.88. The predicted octanol–water partition coefficient (Wildman–Crippen LogP) is 4.84. The van der Waals surface area contributed by atoms with Crippen molar-refractivity contribution >= 4 is 17.5 Å². The van der Waals surface area contributed by atoms with E-state index in [1.165, 1.54) is 11.1 Å². The monoisotopic (exact) mass is 438 g/mol. The number of benzene rings is 1. The third kappa shape index (κ3) is 4.59. The number of likely N-dealkylation sites (tertiary alicyclic amines) is 1. The number of piperidine rings is 1. The van der Waals surface area contributed by atoms with Crippen LogP contribution in [0.4, 0.5) is 0 Å². The first-order chi connectivity index (χ1) is 14.8. The molecule has 3 aromatic rings. The highest BCUT2D eigenvalue weighted by molar-refractivity contribution is 6.33. The van der Waals surface area contributed by atoms with Crippen LogP contribution in [0.1, 0.15) is 45.8 Å². The lowest BCUT2D eigenvalue weighted by Crippen LogP contribution is -2.42. The molecule has 7 heteroatoms. The standard InChI is InChI=1S/C24H27ClN4O2/c1-15-5-6-20(13-16(15)2)31-19-9-11-28(12-10-19)24(30)23-21(25)7-8-22(26-23)29-18(4)14-17(3)27-29/h5-8,13-14,19H,9-12H2,1-4H3. The van der Waals surface area contributed by atoms with Crippen molar-refractivity contribution in [2.75, 3.05) is 13.1 Å². The number of amides is 1. The van der Waals surface area contributed by atoms with E-state index in [1.807, 2.05) is 26.0 Å². The number of hydrogen-bond donors (Lipinski definition) is 0. The highest BCUT2D eigenvalue weighted by Gasteiger charge is 2.27. The van der Waals surface area contributed by atoms with E-state index in [4.69, 9.17) is 16.3 Å². The van der Waals surface area contributed by atoms with Crippen LogP contribution in [0.2, 0.25) is 5.02 Å². The van der Waals surface area contributed by atoms with Crippen LogP contribution in [0, 0.1) is 27.7 Å². The Kier molecular flexibility index (Phi) is 6.01. The maximum Gasteiger partial charge on any atom is 0.274 e. The Morgan fingerprint density at radius 3 is 2.42 bits per heavy atom. The van der Waals surface area contributed by atoms with Gasteiger partial charge in [0.1, 0.15) is 17.5 Å². The molecule has 0 spiro atoms. The van der Waals surface area contributed by atoms with Gasteiger partial charge in [-0.25, -0.2) is 9.67 Å². The lowest BCUT2D eigenvalue weighted by molar-refractivity contribution is 0.0590. The van der Waals surface area contributed by atoms with Crippen LogP contribution in [0.3, 0.4) is 0 Å². The van der Waals surface area contributed by atoms with Gasteiger partial charge in [-0.3, -0.25) is 4.79 Å². The van der Waals surface area contributed by atoms with Gasteiger partial charge in [0.25, 0.3) is 5.91 Å². The molecular weight excluding hydrogens is 412 g/mol. The maximum atomic E-state index is 13.1. The summed E-state index contributed by atoms with van der Waals surface area (Å²) in [5.41, 5.74) is 4.58. The van der Waals surface area contributed by atoms with Crippen LogP contribution >= 0.6 is 11.6 Å². The Labute approximate surface area is 187 Å². The summed E-state index contributed by atoms with van der Waals surface area (Å²) in [7, 11) is 0. The first kappa shape index (κ1) is 21.4. The molecule has 0 unspecified atom stereocenters. The molecule has 0 atom stereocenters. The lowest BCUT2D eigenvalue weighted by atomic mass is 10.1. The topological polar surface area (TPSA) is 60.2 Å². The van der Waals surface area contributed by atoms with Crippen molar-refractivity contribution in [3.8, 4) is 11.6 Å². The second kappa shape index (κ2) is 8.71. The number of carbonyl (C=O) groups excluding carboxylic acids is 1. The molecule has 1 saturated heterocycles. The molecule has 0 aliphatic carbocycles. The van der Waals surface area contributed by atoms with Gasteiger partial charge >= 0.3 is 0 Å². The fraction of sp³-hybridized carbons (Fsp3) is 0.375. The molecule has 3 heterocycles. The Bertz CT molecular complexity index is 1120. The highest BCUT2D eigenvalue weighted by atomic mass is 35.5. The molecule has 1 amide bonds. The summed E-state index contributed by atoms with van der Waals surface area (Å²) in [6, 6.07) is 11.6. The minimum Gasteiger partial charge on any atom is -0.490 e. The summed E-state index contributed by atoms with van der Waals surface area (Å²) in [6.07, 6.45) is 1.64. The molecule has 1 aromatic carbocycles. The van der Waals surface area contributed by atoms with Crippen molar-refractivity contribution in [3.63, 3.8) is 0 Å². The Morgan fingerprint density at radius 1 is 1.03 bits per heavy atom. The Balaban J connectivity index is 1.44. The predicted molar refractivity (Wildman–Crippen MR) is 121 cm³/mol. The van der Waals surface area contributed by atoms with Gasteiger partial charge in [0, 0.05) is 31.6 Å². The van der Waals surface area contributed by atoms with Crippen molar-refractivity contribution in [2.24, 2.45) is 0 Å². The van der Waals surface area contributed by atoms with E-state index in [1.54, 1.807) is 21.7 Å². The number of pyridine rings is 1. The molecule has 4 rings (SSSR count). The molecule has 162 valence electrons. The van der Waals surface area contributed by atoms with E-state index in [0.717, 1.165) is 30.0 Å². The molecule has 1 fully saturated rings. The number of ether oxygens (including phenoxy) is 1. The summed E-state index contributed by atoms with van der Waals surface area (Å²) in [5, 5.41) is 4.80. The van der Waals surface area contributed by atoms with Gasteiger partial charge in [-0.2, -0.15) is 5.10 Å². The van der Waals surface area contributed by atoms with Gasteiger partial charge in [0.2, 0.25) is 0 Å². The summed E-state index contributed by atoms with van der Waals surface area (Å²) in [4.78, 5) is 19.5. The first-order valence-electron chi connectivity index (χ1n) is 10.5. The van der Waals surface area contributed by atoms with Gasteiger partial charge in [0.05, 0.1) is 10.7 Å². The fourth-order valence-corrected chi connectivity index (χ4v) is 4.05. The van der Waals surface area contributed by atoms with E-state index in [0.29, 0.717) is 23.9 Å². The van der Waals surface area contributed by atoms with Crippen LogP contribution in [0.25, 0.3) is 5.82 Å². The van der Waals surface area contributed by atoms with Crippen LogP contribution in [0.15, 0.2) is 36.4 Å². The van der Waals surface area contributed by atoms with E-state index in [-0.39, 0.29) is 17.7 Å². The number of carbonyl (C=O) groups is 1. The molecule has 0 radical (unpaired) electrons. The van der Waals surface area contributed by atoms with Gasteiger partial charge in [0.15, 0.2) is 5.82 Å². The smallest absolute Gasteiger partial charge is 0.274 e. The van der Waals surface area contributed by atoms with Gasteiger partial charge in [-0.05, 0) is 69.2 Å². The molecule has 0 saturated carbocycles. The Hall–Kier alpha value is -2.86. The number of nitrogens with zero attached hydrogens (tertiary/aromatic N) is 4. The highest BCUT2D eigenvalue weighted by Crippen LogP contribution is 2.24. The second-order valence-corrected chi connectivity index (χ2v) is 8.60. The van der Waals surface area contributed by atoms with Crippen molar-refractivity contribution in [3.05, 3.63) is 69.6 Å². The van der Waals surface area contributed by atoms with Crippen LogP contribution in [-0.4, -0.2) is 44.8 Å². The molecule has 1 aliphatic heterocycles. The van der Waals surface area contributed by atoms with Gasteiger partial charge in [-0.15, -0.1) is 0 Å². The van der Waals surface area contributed by atoms with Crippen LogP contribution in [-0.2, 0) is 0 Å². The average molecular weight is 439 g/mol. The molecule has 31 heavy (non-hydrogen) atoms. The molecule has 1 aliphatic rings. The number of aromatic nitrogens is 3. The molecule has 0 N–H and O–H groups in total. The molecule has 2 aromatic heterocycles. The number of halogens is 1. The quantitative estimate of drug-likeness (QED) is 0.584. The summed E-state index contributed by atoms with van der Waals surface area (Å²) in [5.74, 6) is 1.32. The van der Waals surface area contributed by atoms with E-state index < -0.39 is 0 Å². The minimum absolute atomic E-state index is 0.0932. The van der Waals surface area contributed by atoms with Crippen LogP contribution in [0.5, 0.6) is 5.75 Å². The zero-order valence-corrected chi connectivity index (χ0v) is 19.1. The van der Waals surface area contributed by atoms with E-state index >= 15 is 0 Å². The zero-order valence-electron chi connectivity index (χ0n) is 18.4. The van der Waals surface area contributed by atoms with Crippen molar-refractivity contribution in [1.29, 1.82) is 0 Å². The first-order valence-corrected chi connectivity index (χ1v) is 10.9. The normalized spacial score (nSPS) is 14.7. The minimum atomic E-state index is -0.155. The lowest BCUT2D eigenvalue weighted by Gasteiger charge is -2.32. The Morgan fingerprint density at radius 2 is 1.77 bits per heavy atom. The van der Waals surface area contributed by atoms with E-state index in [9.17, 15) is 4.79 Å². The number of rotatable bonds is 4. The second-order valence-electron chi connectivity index (χ2n) is 8.19. The van der Waals surface area contributed by atoms with Crippen molar-refractivity contribution in [2.45, 2.75) is 46.6 Å². The average Bonchev–Trinajstić information content (AvgIpc) is 3.09. The SMILES string of the molecule is Cc1cc(C)n(-c2ccc(Cl)c(C(=O)N3CCC(Oc4ccc(C)c(C)c4)CC3)n2)n1. The molecule has 0 bridgehead atoms. The largest absolute Gasteiger partial charge is 0.490 e. The van der Waals surface area contributed by atoms with Crippen molar-refractivity contribution in [1.82, 2.24) is 19.7 Å². The molecule has 6 nitrogen and oxygen atoms in total. The van der Waals surface area contributed by atoms with Crippen LogP contribution < -0.4 is 4.74 Å². The van der Waals surface area contributed by atoms with Gasteiger partial charge in [-0.1, -0.05) is 17.7 Å². The third-order valence-corrected chi connectivity index (χ3v) is 6.08. The van der Waals surface area contributed by atoms with Gasteiger partial charge < -0.3 is 9.64 Å². The molecular formula is C24H27ClN4O2. The summed E-state index contributed by atoms with van der Waals surface area (Å²) >= 11 is 6.34. The number of hydrogen-bond acceptors (Lipinski definition) is 4. The third-order valence-electron chi connectivity index (χ3n) is 5.77.